The van der Waals surface area contributed by atoms with Crippen molar-refractivity contribution in [2.45, 2.75) is 33.2 Å². The minimum Gasteiger partial charge on any atom is -0.490 e. The minimum absolute atomic E-state index is 0.112. The Morgan fingerprint density at radius 2 is 1.67 bits per heavy atom. The van der Waals surface area contributed by atoms with E-state index in [-0.39, 0.29) is 29.9 Å². The number of nitrogens with zero attached hydrogens (tertiary/aromatic N) is 3. The maximum absolute atomic E-state index is 13.1. The molecule has 0 spiro atoms. The van der Waals surface area contributed by atoms with E-state index in [0.717, 1.165) is 19.9 Å². The number of halogens is 1. The second kappa shape index (κ2) is 9.31. The molecule has 36 heavy (non-hydrogen) atoms. The van der Waals surface area contributed by atoms with E-state index in [1.54, 1.807) is 42.1 Å². The summed E-state index contributed by atoms with van der Waals surface area (Å²) in [5.74, 6) is 0.294. The average molecular weight is 595 g/mol. The third-order valence-corrected chi connectivity index (χ3v) is 7.57. The van der Waals surface area contributed by atoms with Crippen molar-refractivity contribution in [3.63, 3.8) is 0 Å². The SMILES string of the molecule is Cc1nccc2c1c(=O)n(C)c1cc(OC[C@H](CC(C)C)N3C(=O)c4ccccc4C3=O)c(I)cc21. The van der Waals surface area contributed by atoms with Gasteiger partial charge in [-0.05, 0) is 71.5 Å². The molecule has 5 rings (SSSR count). The van der Waals surface area contributed by atoms with Crippen molar-refractivity contribution >= 4 is 56.1 Å². The lowest BCUT2D eigenvalue weighted by Crippen LogP contribution is -2.44. The summed E-state index contributed by atoms with van der Waals surface area (Å²) in [7, 11) is 1.74. The smallest absolute Gasteiger partial charge is 0.261 e. The quantitative estimate of drug-likeness (QED) is 0.176. The number of fused-ring (bicyclic) bond motifs is 4. The lowest BCUT2D eigenvalue weighted by molar-refractivity contribution is 0.0506. The molecule has 0 bridgehead atoms. The molecule has 2 amide bonds. The minimum atomic E-state index is -0.418. The maximum Gasteiger partial charge on any atom is 0.261 e. The van der Waals surface area contributed by atoms with Crippen LogP contribution in [0.1, 0.15) is 46.7 Å². The lowest BCUT2D eigenvalue weighted by atomic mass is 10.0. The number of carbonyl (C=O) groups excluding carboxylic acids is 2. The van der Waals surface area contributed by atoms with Crippen LogP contribution in [0.25, 0.3) is 21.7 Å². The Hall–Kier alpha value is -3.27. The van der Waals surface area contributed by atoms with Gasteiger partial charge in [0.1, 0.15) is 12.4 Å². The summed E-state index contributed by atoms with van der Waals surface area (Å²) >= 11 is 2.22. The molecule has 0 saturated carbocycles. The van der Waals surface area contributed by atoms with Gasteiger partial charge in [-0.15, -0.1) is 0 Å². The summed E-state index contributed by atoms with van der Waals surface area (Å²) in [6.07, 6.45) is 2.33. The van der Waals surface area contributed by atoms with Gasteiger partial charge in [0.05, 0.1) is 37.3 Å². The molecule has 1 aliphatic heterocycles. The van der Waals surface area contributed by atoms with Gasteiger partial charge in [0.2, 0.25) is 0 Å². The van der Waals surface area contributed by atoms with Gasteiger partial charge < -0.3 is 9.30 Å². The Morgan fingerprint density at radius 3 is 2.31 bits per heavy atom. The molecule has 0 radical (unpaired) electrons. The number of benzene rings is 2. The van der Waals surface area contributed by atoms with Crippen molar-refractivity contribution in [1.29, 1.82) is 0 Å². The molecule has 0 aliphatic carbocycles. The number of aromatic nitrogens is 2. The van der Waals surface area contributed by atoms with E-state index >= 15 is 0 Å². The molecule has 0 fully saturated rings. The Bertz CT molecular complexity index is 1570. The summed E-state index contributed by atoms with van der Waals surface area (Å²) in [6, 6.07) is 12.2. The van der Waals surface area contributed by atoms with E-state index in [0.29, 0.717) is 34.4 Å². The van der Waals surface area contributed by atoms with Crippen LogP contribution in [-0.2, 0) is 7.05 Å². The Balaban J connectivity index is 1.51. The largest absolute Gasteiger partial charge is 0.490 e. The van der Waals surface area contributed by atoms with Crippen LogP contribution in [0, 0.1) is 16.4 Å². The summed E-state index contributed by atoms with van der Waals surface area (Å²) in [5, 5.41) is 2.40. The first-order valence-electron chi connectivity index (χ1n) is 11.9. The fourth-order valence-corrected chi connectivity index (χ4v) is 5.62. The van der Waals surface area contributed by atoms with Crippen LogP contribution in [0.4, 0.5) is 0 Å². The molecule has 184 valence electrons. The summed E-state index contributed by atoms with van der Waals surface area (Å²) in [6.45, 7) is 6.12. The van der Waals surface area contributed by atoms with Gasteiger partial charge >= 0.3 is 0 Å². The van der Waals surface area contributed by atoms with Crippen LogP contribution in [0.5, 0.6) is 5.75 Å². The van der Waals surface area contributed by atoms with Crippen molar-refractivity contribution in [1.82, 2.24) is 14.5 Å². The molecule has 4 aromatic rings. The first-order chi connectivity index (χ1) is 17.2. The molecule has 0 N–H and O–H groups in total. The van der Waals surface area contributed by atoms with E-state index < -0.39 is 6.04 Å². The van der Waals surface area contributed by atoms with Crippen LogP contribution < -0.4 is 10.3 Å². The molecule has 2 aromatic carbocycles. The molecular formula is C28H26IN3O4. The fraction of sp³-hybridized carbons (Fsp3) is 0.286. The Labute approximate surface area is 222 Å². The van der Waals surface area contributed by atoms with Crippen LogP contribution in [0.15, 0.2) is 53.5 Å². The van der Waals surface area contributed by atoms with E-state index in [1.807, 2.05) is 25.1 Å². The number of rotatable bonds is 6. The fourth-order valence-electron chi connectivity index (χ4n) is 5.00. The zero-order chi connectivity index (χ0) is 25.7. The molecular weight excluding hydrogens is 569 g/mol. The Kier molecular flexibility index (Phi) is 6.32. The third kappa shape index (κ3) is 3.97. The van der Waals surface area contributed by atoms with Gasteiger partial charge in [0.25, 0.3) is 17.4 Å². The molecule has 1 aliphatic rings. The van der Waals surface area contributed by atoms with E-state index in [1.165, 1.54) is 4.90 Å². The zero-order valence-corrected chi connectivity index (χ0v) is 22.7. The highest BCUT2D eigenvalue weighted by molar-refractivity contribution is 14.1. The number of hydrogen-bond acceptors (Lipinski definition) is 5. The number of ether oxygens (including phenoxy) is 1. The molecule has 3 heterocycles. The van der Waals surface area contributed by atoms with Gasteiger partial charge in [-0.2, -0.15) is 0 Å². The summed E-state index contributed by atoms with van der Waals surface area (Å²) in [5.41, 5.74) is 2.20. The van der Waals surface area contributed by atoms with Gasteiger partial charge in [-0.1, -0.05) is 26.0 Å². The number of aryl methyl sites for hydroxylation is 2. The molecule has 0 unspecified atom stereocenters. The monoisotopic (exact) mass is 595 g/mol. The molecule has 8 heteroatoms. The van der Waals surface area contributed by atoms with Crippen LogP contribution in [0.2, 0.25) is 0 Å². The van der Waals surface area contributed by atoms with E-state index in [9.17, 15) is 14.4 Å². The van der Waals surface area contributed by atoms with E-state index in [2.05, 4.69) is 41.4 Å². The number of pyridine rings is 2. The Morgan fingerprint density at radius 1 is 1.00 bits per heavy atom. The highest BCUT2D eigenvalue weighted by Gasteiger charge is 2.40. The molecule has 1 atom stereocenters. The lowest BCUT2D eigenvalue weighted by Gasteiger charge is -2.28. The second-order valence-electron chi connectivity index (χ2n) is 9.60. The standard InChI is InChI=1S/C28H26IN3O4/c1-15(2)11-17(32-26(33)19-7-5-6-8-20(19)27(32)34)14-36-24-13-23-21(12-22(24)29)18-9-10-30-16(3)25(18)28(35)31(23)4/h5-10,12-13,15,17H,11,14H2,1-4H3/t17-/m0/s1. The summed E-state index contributed by atoms with van der Waals surface area (Å²) in [4.78, 5) is 45.0. The first kappa shape index (κ1) is 24.4. The normalized spacial score (nSPS) is 14.2. The van der Waals surface area contributed by atoms with Crippen molar-refractivity contribution in [3.05, 3.63) is 79.4 Å². The molecule has 7 nitrogen and oxygen atoms in total. The highest BCUT2D eigenvalue weighted by Crippen LogP contribution is 2.32. The zero-order valence-electron chi connectivity index (χ0n) is 20.5. The number of hydrogen-bond donors (Lipinski definition) is 0. The van der Waals surface area contributed by atoms with Crippen molar-refractivity contribution < 1.29 is 14.3 Å². The molecule has 0 saturated heterocycles. The van der Waals surface area contributed by atoms with Gasteiger partial charge in [0.15, 0.2) is 0 Å². The van der Waals surface area contributed by atoms with Gasteiger partial charge in [-0.3, -0.25) is 24.3 Å². The van der Waals surface area contributed by atoms with Crippen LogP contribution in [-0.4, -0.2) is 38.9 Å². The maximum atomic E-state index is 13.1. The van der Waals surface area contributed by atoms with Crippen LogP contribution >= 0.6 is 22.6 Å². The van der Waals surface area contributed by atoms with Gasteiger partial charge in [0, 0.05) is 24.7 Å². The number of amides is 2. The van der Waals surface area contributed by atoms with Crippen molar-refractivity contribution in [2.24, 2.45) is 13.0 Å². The average Bonchev–Trinajstić information content (AvgIpc) is 3.10. The van der Waals surface area contributed by atoms with Crippen molar-refractivity contribution in [2.75, 3.05) is 6.61 Å². The van der Waals surface area contributed by atoms with Crippen LogP contribution in [0.3, 0.4) is 0 Å². The van der Waals surface area contributed by atoms with Gasteiger partial charge in [-0.25, -0.2) is 0 Å². The number of imide groups is 1. The number of carbonyl (C=O) groups is 2. The topological polar surface area (TPSA) is 81.5 Å². The third-order valence-electron chi connectivity index (χ3n) is 6.73. The molecule has 2 aromatic heterocycles. The first-order valence-corrected chi connectivity index (χ1v) is 12.9. The summed E-state index contributed by atoms with van der Waals surface area (Å²) < 4.78 is 8.76. The van der Waals surface area contributed by atoms with Crippen molar-refractivity contribution in [3.8, 4) is 5.75 Å². The predicted molar refractivity (Wildman–Crippen MR) is 148 cm³/mol. The predicted octanol–water partition coefficient (Wildman–Crippen LogP) is 5.09. The van der Waals surface area contributed by atoms with E-state index in [4.69, 9.17) is 4.74 Å². The second-order valence-corrected chi connectivity index (χ2v) is 10.8. The highest BCUT2D eigenvalue weighted by atomic mass is 127.